The van der Waals surface area contributed by atoms with Gasteiger partial charge in [-0.3, -0.25) is 0 Å². The van der Waals surface area contributed by atoms with E-state index in [-0.39, 0.29) is 0 Å². The second kappa shape index (κ2) is 13.8. The number of hydrogen-bond donors (Lipinski definition) is 0. The predicted octanol–water partition coefficient (Wildman–Crippen LogP) is 14.0. The number of para-hydroxylation sites is 3. The van der Waals surface area contributed by atoms with Gasteiger partial charge in [-0.2, -0.15) is 5.10 Å². The van der Waals surface area contributed by atoms with Crippen molar-refractivity contribution in [3.8, 4) is 39.3 Å². The second-order valence-corrected chi connectivity index (χ2v) is 16.7. The normalized spacial score (nSPS) is 13.4. The summed E-state index contributed by atoms with van der Waals surface area (Å²) in [6.07, 6.45) is 0. The molecule has 9 aromatic rings. The topological polar surface area (TPSA) is 21.1 Å². The van der Waals surface area contributed by atoms with Crippen molar-refractivity contribution in [2.45, 2.75) is 19.6 Å². The van der Waals surface area contributed by atoms with Gasteiger partial charge in [-0.05, 0) is 78.4 Å². The predicted molar refractivity (Wildman–Crippen MR) is 228 cm³/mol. The summed E-state index contributed by atoms with van der Waals surface area (Å²) in [6.45, 7) is 0. The zero-order valence-corrected chi connectivity index (χ0v) is 30.9. The van der Waals surface area contributed by atoms with Crippen LogP contribution in [0.2, 0.25) is 0 Å². The maximum atomic E-state index is 5.41. The van der Waals surface area contributed by atoms with Gasteiger partial charge in [0.1, 0.15) is 5.69 Å². The Kier molecular flexibility index (Phi) is 8.24. The Balaban J connectivity index is 1.24. The van der Waals surface area contributed by atoms with Gasteiger partial charge in [0.05, 0.1) is 22.8 Å². The molecule has 0 atom stereocenters. The van der Waals surface area contributed by atoms with Crippen LogP contribution in [0, 0.1) is 0 Å². The standard InChI is InChI=1S/C51H37N3S/c1-6-21-38(22-7-1)50-49(51(39-23-8-2-9-24-39)54(52-50)41-26-10-3-11-27-41)40-25-20-28-42(37-40)53-45-33-16-18-35-47(45)55(43-29-12-4-13-30-43,44-31-14-5-15-32-44)48-36-19-17-34-46(48)53/h1-37H. The summed E-state index contributed by atoms with van der Waals surface area (Å²) in [7, 11) is -1.84. The molecule has 0 unspecified atom stereocenters. The SMILES string of the molecule is c1ccc(-c2nn(-c3ccccc3)c(-c3ccccc3)c2-c2cccc(N3c4ccccc4S(c4ccccc4)(c4ccccc4)c4ccccc43)c2)cc1. The number of anilines is 3. The van der Waals surface area contributed by atoms with Gasteiger partial charge in [-0.15, -0.1) is 10.0 Å². The Bertz CT molecular complexity index is 2660. The average Bonchev–Trinajstić information content (AvgIpc) is 3.68. The molecular formula is C51H37N3S. The smallest absolute Gasteiger partial charge is 0.101 e. The first kappa shape index (κ1) is 32.7. The van der Waals surface area contributed by atoms with Gasteiger partial charge in [0.15, 0.2) is 0 Å². The molecule has 0 aliphatic carbocycles. The van der Waals surface area contributed by atoms with Crippen LogP contribution in [-0.4, -0.2) is 9.78 Å². The zero-order valence-electron chi connectivity index (χ0n) is 30.1. The number of benzene rings is 8. The van der Waals surface area contributed by atoms with Crippen molar-refractivity contribution >= 4 is 27.1 Å². The van der Waals surface area contributed by atoms with Crippen molar-refractivity contribution in [3.63, 3.8) is 0 Å². The Morgan fingerprint density at radius 1 is 0.364 bits per heavy atom. The summed E-state index contributed by atoms with van der Waals surface area (Å²) in [6, 6.07) is 81.0. The van der Waals surface area contributed by atoms with E-state index >= 15 is 0 Å². The van der Waals surface area contributed by atoms with Gasteiger partial charge >= 0.3 is 0 Å². The van der Waals surface area contributed by atoms with Gasteiger partial charge < -0.3 is 4.90 Å². The first-order valence-electron chi connectivity index (χ1n) is 18.6. The van der Waals surface area contributed by atoms with Crippen molar-refractivity contribution in [3.05, 3.63) is 224 Å². The minimum atomic E-state index is -1.84. The fourth-order valence-corrected chi connectivity index (χ4v) is 12.3. The van der Waals surface area contributed by atoms with Crippen LogP contribution in [-0.2, 0) is 0 Å². The zero-order chi connectivity index (χ0) is 36.6. The molecule has 0 fully saturated rings. The molecule has 55 heavy (non-hydrogen) atoms. The summed E-state index contributed by atoms with van der Waals surface area (Å²) in [5.74, 6) is 0. The molecule has 1 aliphatic heterocycles. The maximum absolute atomic E-state index is 5.41. The lowest BCUT2D eigenvalue weighted by Crippen LogP contribution is -2.21. The van der Waals surface area contributed by atoms with Crippen LogP contribution in [0.4, 0.5) is 17.1 Å². The van der Waals surface area contributed by atoms with E-state index in [1.807, 2.05) is 0 Å². The molecule has 8 aromatic carbocycles. The number of rotatable bonds is 7. The number of aromatic nitrogens is 2. The first-order valence-corrected chi connectivity index (χ1v) is 20.3. The van der Waals surface area contributed by atoms with E-state index in [2.05, 4.69) is 234 Å². The molecule has 0 spiro atoms. The summed E-state index contributed by atoms with van der Waals surface area (Å²) in [5, 5.41) is 5.41. The van der Waals surface area contributed by atoms with E-state index in [9.17, 15) is 0 Å². The highest BCUT2D eigenvalue weighted by molar-refractivity contribution is 8.34. The van der Waals surface area contributed by atoms with E-state index in [0.717, 1.165) is 45.0 Å². The highest BCUT2D eigenvalue weighted by Crippen LogP contribution is 2.79. The largest absolute Gasteiger partial charge is 0.308 e. The van der Waals surface area contributed by atoms with Crippen molar-refractivity contribution < 1.29 is 0 Å². The van der Waals surface area contributed by atoms with Crippen molar-refractivity contribution in [2.75, 3.05) is 4.90 Å². The number of hydrogen-bond acceptors (Lipinski definition) is 2. The lowest BCUT2D eigenvalue weighted by Gasteiger charge is -2.49. The number of nitrogens with zero attached hydrogens (tertiary/aromatic N) is 3. The summed E-state index contributed by atoms with van der Waals surface area (Å²) < 4.78 is 2.11. The van der Waals surface area contributed by atoms with Crippen molar-refractivity contribution in [2.24, 2.45) is 0 Å². The second-order valence-electron chi connectivity index (χ2n) is 13.6. The molecule has 0 radical (unpaired) electrons. The minimum Gasteiger partial charge on any atom is -0.308 e. The molecular weight excluding hydrogens is 687 g/mol. The van der Waals surface area contributed by atoms with E-state index < -0.39 is 10.0 Å². The molecule has 0 saturated heterocycles. The highest BCUT2D eigenvalue weighted by Gasteiger charge is 2.42. The third-order valence-corrected chi connectivity index (χ3v) is 14.4. The molecule has 1 aromatic heterocycles. The molecule has 3 nitrogen and oxygen atoms in total. The molecule has 10 rings (SSSR count). The minimum absolute atomic E-state index is 0.941. The van der Waals surface area contributed by atoms with Crippen LogP contribution < -0.4 is 4.90 Å². The van der Waals surface area contributed by atoms with Crippen LogP contribution in [0.3, 0.4) is 0 Å². The average molecular weight is 724 g/mol. The molecule has 1 aliphatic rings. The van der Waals surface area contributed by atoms with Crippen LogP contribution in [0.15, 0.2) is 244 Å². The quantitative estimate of drug-likeness (QED) is 0.163. The fourth-order valence-electron chi connectivity index (χ4n) is 8.13. The summed E-state index contributed by atoms with van der Waals surface area (Å²) in [5.41, 5.74) is 10.9. The Labute approximate surface area is 323 Å². The van der Waals surface area contributed by atoms with Gasteiger partial charge in [0.25, 0.3) is 0 Å². The molecule has 0 amide bonds. The Morgan fingerprint density at radius 3 is 1.36 bits per heavy atom. The van der Waals surface area contributed by atoms with E-state index in [0.29, 0.717) is 0 Å². The summed E-state index contributed by atoms with van der Waals surface area (Å²) >= 11 is 0. The first-order chi connectivity index (χ1) is 27.3. The van der Waals surface area contributed by atoms with E-state index in [1.54, 1.807) is 0 Å². The van der Waals surface area contributed by atoms with Crippen LogP contribution in [0.1, 0.15) is 0 Å². The van der Waals surface area contributed by atoms with Crippen molar-refractivity contribution in [1.82, 2.24) is 9.78 Å². The third kappa shape index (κ3) is 5.41. The lowest BCUT2D eigenvalue weighted by molar-refractivity contribution is 0.892. The van der Waals surface area contributed by atoms with Crippen LogP contribution in [0.5, 0.6) is 0 Å². The van der Waals surface area contributed by atoms with Crippen LogP contribution in [0.25, 0.3) is 39.3 Å². The Hall–Kier alpha value is -6.88. The highest BCUT2D eigenvalue weighted by atomic mass is 32.3. The number of fused-ring (bicyclic) bond motifs is 2. The maximum Gasteiger partial charge on any atom is 0.101 e. The van der Waals surface area contributed by atoms with Crippen molar-refractivity contribution in [1.29, 1.82) is 0 Å². The fraction of sp³-hybridized carbons (Fsp3) is 0. The van der Waals surface area contributed by atoms with E-state index in [4.69, 9.17) is 5.10 Å². The Morgan fingerprint density at radius 2 is 0.800 bits per heavy atom. The summed E-state index contributed by atoms with van der Waals surface area (Å²) in [4.78, 5) is 7.76. The third-order valence-electron chi connectivity index (χ3n) is 10.4. The van der Waals surface area contributed by atoms with Gasteiger partial charge in [0.2, 0.25) is 0 Å². The van der Waals surface area contributed by atoms with Gasteiger partial charge in [-0.1, -0.05) is 152 Å². The van der Waals surface area contributed by atoms with Gasteiger partial charge in [-0.25, -0.2) is 4.68 Å². The molecule has 0 N–H and O–H groups in total. The molecule has 0 bridgehead atoms. The molecule has 262 valence electrons. The lowest BCUT2D eigenvalue weighted by atomic mass is 9.95. The van der Waals surface area contributed by atoms with Gasteiger partial charge in [0, 0.05) is 42.0 Å². The monoisotopic (exact) mass is 723 g/mol. The molecule has 0 saturated carbocycles. The van der Waals surface area contributed by atoms with Crippen LogP contribution >= 0.6 is 10.0 Å². The molecule has 2 heterocycles. The molecule has 4 heteroatoms. The van der Waals surface area contributed by atoms with E-state index in [1.165, 1.54) is 31.0 Å².